The molecular weight excluding hydrogens is 273 g/mol. The van der Waals surface area contributed by atoms with Gasteiger partial charge in [-0.1, -0.05) is 12.1 Å². The average molecular weight is 285 g/mol. The molecule has 6 heteroatoms. The topological polar surface area (TPSA) is 56.5 Å². The van der Waals surface area contributed by atoms with Crippen LogP contribution in [0.2, 0.25) is 0 Å². The van der Waals surface area contributed by atoms with Crippen molar-refractivity contribution in [2.24, 2.45) is 0 Å². The number of carbonyl (C=O) groups is 1. The van der Waals surface area contributed by atoms with Crippen LogP contribution in [0.15, 0.2) is 42.6 Å². The summed E-state index contributed by atoms with van der Waals surface area (Å²) in [5.74, 6) is -0.0680. The molecule has 1 aromatic carbocycles. The molecule has 0 fully saturated rings. The van der Waals surface area contributed by atoms with Crippen molar-refractivity contribution in [1.82, 2.24) is 14.6 Å². The van der Waals surface area contributed by atoms with Crippen LogP contribution in [-0.4, -0.2) is 27.7 Å². The lowest BCUT2D eigenvalue weighted by molar-refractivity contribution is 0.0602. The molecule has 0 aliphatic heterocycles. The number of ether oxygens (including phenoxy) is 1. The highest BCUT2D eigenvalue weighted by atomic mass is 19.1. The smallest absolute Gasteiger partial charge is 0.341 e. The molecule has 0 aliphatic rings. The number of nitrogens with zero attached hydrogens (tertiary/aromatic N) is 3. The van der Waals surface area contributed by atoms with Gasteiger partial charge in [-0.25, -0.2) is 9.18 Å². The van der Waals surface area contributed by atoms with E-state index in [-0.39, 0.29) is 5.82 Å². The van der Waals surface area contributed by atoms with Crippen LogP contribution >= 0.6 is 0 Å². The standard InChI is InChI=1S/C15H12FN3O2/c1-21-15(20)12-3-2-8-19-13(17-18-14(12)19)9-10-4-6-11(16)7-5-10/h2-8H,9H2,1H3. The molecule has 0 N–H and O–H groups in total. The summed E-state index contributed by atoms with van der Waals surface area (Å²) in [7, 11) is 1.32. The highest BCUT2D eigenvalue weighted by Gasteiger charge is 2.15. The number of hydrogen-bond donors (Lipinski definition) is 0. The SMILES string of the molecule is COC(=O)c1cccn2c(Cc3ccc(F)cc3)nnc12. The molecule has 0 saturated heterocycles. The minimum Gasteiger partial charge on any atom is -0.465 e. The maximum atomic E-state index is 12.9. The molecule has 0 aliphatic carbocycles. The molecule has 0 saturated carbocycles. The molecule has 0 unspecified atom stereocenters. The van der Waals surface area contributed by atoms with E-state index in [0.29, 0.717) is 23.5 Å². The van der Waals surface area contributed by atoms with Crippen LogP contribution in [0.1, 0.15) is 21.7 Å². The number of fused-ring (bicyclic) bond motifs is 1. The van der Waals surface area contributed by atoms with E-state index in [1.165, 1.54) is 19.2 Å². The van der Waals surface area contributed by atoms with Crippen molar-refractivity contribution in [2.45, 2.75) is 6.42 Å². The fourth-order valence-corrected chi connectivity index (χ4v) is 2.14. The first-order valence-corrected chi connectivity index (χ1v) is 6.34. The summed E-state index contributed by atoms with van der Waals surface area (Å²) in [5, 5.41) is 8.14. The first kappa shape index (κ1) is 13.2. The molecule has 2 aromatic heterocycles. The van der Waals surface area contributed by atoms with Crippen LogP contribution in [0.25, 0.3) is 5.65 Å². The summed E-state index contributed by atoms with van der Waals surface area (Å²) in [6, 6.07) is 9.56. The third kappa shape index (κ3) is 2.47. The Morgan fingerprint density at radius 3 is 2.71 bits per heavy atom. The maximum absolute atomic E-state index is 12.9. The number of benzene rings is 1. The molecule has 21 heavy (non-hydrogen) atoms. The lowest BCUT2D eigenvalue weighted by Gasteiger charge is -2.03. The Kier molecular flexibility index (Phi) is 3.35. The van der Waals surface area contributed by atoms with Crippen molar-refractivity contribution in [3.63, 3.8) is 0 Å². The molecule has 0 radical (unpaired) electrons. The lowest BCUT2D eigenvalue weighted by atomic mass is 10.1. The Labute approximate surface area is 120 Å². The first-order chi connectivity index (χ1) is 10.2. The zero-order valence-corrected chi connectivity index (χ0v) is 11.3. The normalized spacial score (nSPS) is 10.8. The van der Waals surface area contributed by atoms with E-state index in [0.717, 1.165) is 5.56 Å². The van der Waals surface area contributed by atoms with Crippen molar-refractivity contribution < 1.29 is 13.9 Å². The van der Waals surface area contributed by atoms with Gasteiger partial charge in [0.25, 0.3) is 0 Å². The Balaban J connectivity index is 2.01. The van der Waals surface area contributed by atoms with E-state index in [9.17, 15) is 9.18 Å². The van der Waals surface area contributed by atoms with Crippen LogP contribution < -0.4 is 0 Å². The Morgan fingerprint density at radius 2 is 2.00 bits per heavy atom. The van der Waals surface area contributed by atoms with Gasteiger partial charge < -0.3 is 4.74 Å². The fourth-order valence-electron chi connectivity index (χ4n) is 2.14. The third-order valence-corrected chi connectivity index (χ3v) is 3.19. The van der Waals surface area contributed by atoms with E-state index in [2.05, 4.69) is 10.2 Å². The van der Waals surface area contributed by atoms with Gasteiger partial charge in [-0.05, 0) is 29.8 Å². The van der Waals surface area contributed by atoms with E-state index < -0.39 is 5.97 Å². The summed E-state index contributed by atoms with van der Waals surface area (Å²) < 4.78 is 19.4. The van der Waals surface area contributed by atoms with Gasteiger partial charge in [-0.15, -0.1) is 10.2 Å². The number of rotatable bonds is 3. The van der Waals surface area contributed by atoms with Gasteiger partial charge in [-0.2, -0.15) is 0 Å². The number of pyridine rings is 1. The number of halogens is 1. The van der Waals surface area contributed by atoms with E-state index in [4.69, 9.17) is 4.74 Å². The molecule has 0 atom stereocenters. The highest BCUT2D eigenvalue weighted by molar-refractivity contribution is 5.95. The minimum absolute atomic E-state index is 0.280. The number of esters is 1. The zero-order valence-electron chi connectivity index (χ0n) is 11.3. The van der Waals surface area contributed by atoms with Crippen molar-refractivity contribution in [3.05, 3.63) is 65.4 Å². The molecule has 0 spiro atoms. The monoisotopic (exact) mass is 285 g/mol. The largest absolute Gasteiger partial charge is 0.465 e. The van der Waals surface area contributed by atoms with Crippen LogP contribution in [0.3, 0.4) is 0 Å². The van der Waals surface area contributed by atoms with Crippen LogP contribution in [0.4, 0.5) is 4.39 Å². The van der Waals surface area contributed by atoms with Crippen molar-refractivity contribution in [3.8, 4) is 0 Å². The van der Waals surface area contributed by atoms with Gasteiger partial charge in [0.2, 0.25) is 0 Å². The van der Waals surface area contributed by atoms with E-state index >= 15 is 0 Å². The number of aromatic nitrogens is 3. The number of hydrogen-bond acceptors (Lipinski definition) is 4. The second kappa shape index (κ2) is 5.32. The van der Waals surface area contributed by atoms with E-state index in [1.807, 2.05) is 0 Å². The second-order valence-corrected chi connectivity index (χ2v) is 4.53. The molecule has 2 heterocycles. The quantitative estimate of drug-likeness (QED) is 0.693. The summed E-state index contributed by atoms with van der Waals surface area (Å²) in [6.07, 6.45) is 2.27. The lowest BCUT2D eigenvalue weighted by Crippen LogP contribution is -2.05. The van der Waals surface area contributed by atoms with E-state index in [1.54, 1.807) is 34.9 Å². The molecule has 3 rings (SSSR count). The molecule has 5 nitrogen and oxygen atoms in total. The van der Waals surface area contributed by atoms with Crippen molar-refractivity contribution in [1.29, 1.82) is 0 Å². The molecule has 0 bridgehead atoms. The second-order valence-electron chi connectivity index (χ2n) is 4.53. The van der Waals surface area contributed by atoms with Gasteiger partial charge in [0.05, 0.1) is 7.11 Å². The molecule has 0 amide bonds. The fraction of sp³-hybridized carbons (Fsp3) is 0.133. The minimum atomic E-state index is -0.457. The number of carbonyl (C=O) groups excluding carboxylic acids is 1. The van der Waals surface area contributed by atoms with Gasteiger partial charge in [0.15, 0.2) is 5.65 Å². The molecule has 3 aromatic rings. The Bertz CT molecular complexity index is 796. The van der Waals surface area contributed by atoms with Crippen LogP contribution in [-0.2, 0) is 11.2 Å². The van der Waals surface area contributed by atoms with Gasteiger partial charge in [0.1, 0.15) is 17.2 Å². The summed E-state index contributed by atoms with van der Waals surface area (Å²) in [5.41, 5.74) is 1.72. The number of methoxy groups -OCH3 is 1. The van der Waals surface area contributed by atoms with Gasteiger partial charge >= 0.3 is 5.97 Å². The predicted octanol–water partition coefficient (Wildman–Crippen LogP) is 2.25. The highest BCUT2D eigenvalue weighted by Crippen LogP contribution is 2.14. The Morgan fingerprint density at radius 1 is 1.24 bits per heavy atom. The summed E-state index contributed by atoms with van der Waals surface area (Å²) in [4.78, 5) is 11.7. The zero-order chi connectivity index (χ0) is 14.8. The average Bonchev–Trinajstić information content (AvgIpc) is 2.92. The van der Waals surface area contributed by atoms with Gasteiger partial charge in [0, 0.05) is 12.6 Å². The van der Waals surface area contributed by atoms with Crippen molar-refractivity contribution in [2.75, 3.05) is 7.11 Å². The summed E-state index contributed by atoms with van der Waals surface area (Å²) >= 11 is 0. The van der Waals surface area contributed by atoms with Crippen LogP contribution in [0, 0.1) is 5.82 Å². The van der Waals surface area contributed by atoms with Crippen molar-refractivity contribution >= 4 is 11.6 Å². The Hall–Kier alpha value is -2.76. The third-order valence-electron chi connectivity index (χ3n) is 3.19. The molecular formula is C15H12FN3O2. The maximum Gasteiger partial charge on any atom is 0.341 e. The van der Waals surface area contributed by atoms with Crippen LogP contribution in [0.5, 0.6) is 0 Å². The summed E-state index contributed by atoms with van der Waals surface area (Å²) in [6.45, 7) is 0. The van der Waals surface area contributed by atoms with Gasteiger partial charge in [-0.3, -0.25) is 4.40 Å². The first-order valence-electron chi connectivity index (χ1n) is 6.34. The molecule has 106 valence electrons. The predicted molar refractivity (Wildman–Crippen MR) is 73.5 cm³/mol.